The molecule has 0 saturated heterocycles. The van der Waals surface area contributed by atoms with Gasteiger partial charge in [0.1, 0.15) is 5.75 Å². The van der Waals surface area contributed by atoms with Gasteiger partial charge in [0.2, 0.25) is 0 Å². The van der Waals surface area contributed by atoms with Crippen LogP contribution < -0.4 is 9.64 Å². The molecule has 0 fully saturated rings. The highest BCUT2D eigenvalue weighted by molar-refractivity contribution is 8.00. The number of carbonyl (C=O) groups excluding carboxylic acids is 2. The Morgan fingerprint density at radius 3 is 3.05 bits per heavy atom. The molecule has 0 atom stereocenters. The molecule has 5 nitrogen and oxygen atoms in total. The molecule has 0 N–H and O–H groups in total. The van der Waals surface area contributed by atoms with E-state index in [1.54, 1.807) is 23.1 Å². The van der Waals surface area contributed by atoms with Crippen molar-refractivity contribution >= 4 is 29.1 Å². The molecule has 1 aliphatic rings. The van der Waals surface area contributed by atoms with Crippen LogP contribution in [-0.4, -0.2) is 36.3 Å². The standard InChI is InChI=1S/C15H16N2O3S/c1-2-6-17-12-8-11(13(18)10-21-7-5-16)3-4-14(12)20-9-15(17)19/h3-4,8H,2,6-7,9-10H2,1H3. The molecule has 1 aromatic carbocycles. The number of anilines is 1. The molecule has 0 aromatic heterocycles. The fourth-order valence-electron chi connectivity index (χ4n) is 2.12. The van der Waals surface area contributed by atoms with Crippen LogP contribution in [0.2, 0.25) is 0 Å². The van der Waals surface area contributed by atoms with Gasteiger partial charge < -0.3 is 9.64 Å². The van der Waals surface area contributed by atoms with Crippen LogP contribution in [0.15, 0.2) is 18.2 Å². The molecule has 0 bridgehead atoms. The quantitative estimate of drug-likeness (QED) is 0.595. The number of rotatable bonds is 6. The average Bonchev–Trinajstić information content (AvgIpc) is 2.50. The van der Waals surface area contributed by atoms with E-state index in [9.17, 15) is 9.59 Å². The molecular weight excluding hydrogens is 288 g/mol. The van der Waals surface area contributed by atoms with Gasteiger partial charge in [-0.05, 0) is 24.6 Å². The van der Waals surface area contributed by atoms with Gasteiger partial charge in [-0.3, -0.25) is 9.59 Å². The largest absolute Gasteiger partial charge is 0.482 e. The van der Waals surface area contributed by atoms with Gasteiger partial charge >= 0.3 is 0 Å². The minimum atomic E-state index is -0.0900. The second kappa shape index (κ2) is 7.14. The summed E-state index contributed by atoms with van der Waals surface area (Å²) in [6, 6.07) is 7.13. The maximum atomic E-state index is 12.1. The summed E-state index contributed by atoms with van der Waals surface area (Å²) in [5.41, 5.74) is 1.20. The summed E-state index contributed by atoms with van der Waals surface area (Å²) in [4.78, 5) is 25.7. The van der Waals surface area contributed by atoms with Crippen molar-refractivity contribution in [2.45, 2.75) is 13.3 Å². The van der Waals surface area contributed by atoms with Crippen LogP contribution in [0.4, 0.5) is 5.69 Å². The number of fused-ring (bicyclic) bond motifs is 1. The highest BCUT2D eigenvalue weighted by Crippen LogP contribution is 2.33. The van der Waals surface area contributed by atoms with Crippen LogP contribution in [0.25, 0.3) is 0 Å². The van der Waals surface area contributed by atoms with Gasteiger partial charge in [0.25, 0.3) is 5.91 Å². The minimum absolute atomic E-state index is 0.0400. The molecular formula is C15H16N2O3S. The Kier molecular flexibility index (Phi) is 5.23. The van der Waals surface area contributed by atoms with Crippen molar-refractivity contribution in [3.63, 3.8) is 0 Å². The van der Waals surface area contributed by atoms with Crippen LogP contribution in [-0.2, 0) is 4.79 Å². The number of hydrogen-bond donors (Lipinski definition) is 0. The average molecular weight is 304 g/mol. The van der Waals surface area contributed by atoms with Crippen LogP contribution >= 0.6 is 11.8 Å². The SMILES string of the molecule is CCCN1C(=O)COc2ccc(C(=O)CSCC#N)cc21. The lowest BCUT2D eigenvalue weighted by atomic mass is 10.1. The number of ether oxygens (including phenoxy) is 1. The fraction of sp³-hybridized carbons (Fsp3) is 0.400. The van der Waals surface area contributed by atoms with E-state index in [0.29, 0.717) is 29.3 Å². The van der Waals surface area contributed by atoms with Gasteiger partial charge in [0.05, 0.1) is 23.3 Å². The Morgan fingerprint density at radius 2 is 2.33 bits per heavy atom. The third kappa shape index (κ3) is 3.56. The number of nitrogens with zero attached hydrogens (tertiary/aromatic N) is 2. The van der Waals surface area contributed by atoms with E-state index in [1.165, 1.54) is 11.8 Å². The molecule has 1 heterocycles. The highest BCUT2D eigenvalue weighted by Gasteiger charge is 2.25. The molecule has 0 spiro atoms. The van der Waals surface area contributed by atoms with Gasteiger partial charge in [-0.15, -0.1) is 11.8 Å². The number of ketones is 1. The van der Waals surface area contributed by atoms with Crippen molar-refractivity contribution in [3.05, 3.63) is 23.8 Å². The molecule has 0 unspecified atom stereocenters. The van der Waals surface area contributed by atoms with E-state index >= 15 is 0 Å². The van der Waals surface area contributed by atoms with Crippen molar-refractivity contribution in [3.8, 4) is 11.8 Å². The van der Waals surface area contributed by atoms with Crippen LogP contribution in [0.5, 0.6) is 5.75 Å². The first kappa shape index (κ1) is 15.4. The molecule has 1 amide bonds. The fourth-order valence-corrected chi connectivity index (χ4v) is 2.66. The van der Waals surface area contributed by atoms with Crippen molar-refractivity contribution < 1.29 is 14.3 Å². The zero-order chi connectivity index (χ0) is 15.2. The Bertz CT molecular complexity index is 595. The molecule has 110 valence electrons. The number of hydrogen-bond acceptors (Lipinski definition) is 5. The molecule has 1 aliphatic heterocycles. The van der Waals surface area contributed by atoms with E-state index in [0.717, 1.165) is 6.42 Å². The maximum absolute atomic E-state index is 12.1. The van der Waals surface area contributed by atoms with Gasteiger partial charge in [0.15, 0.2) is 12.4 Å². The topological polar surface area (TPSA) is 70.4 Å². The second-order valence-electron chi connectivity index (χ2n) is 4.59. The van der Waals surface area contributed by atoms with Gasteiger partial charge in [-0.2, -0.15) is 5.26 Å². The zero-order valence-corrected chi connectivity index (χ0v) is 12.6. The van der Waals surface area contributed by atoms with Crippen molar-refractivity contribution in [1.82, 2.24) is 0 Å². The summed E-state index contributed by atoms with van der Waals surface area (Å²) >= 11 is 1.28. The Hall–Kier alpha value is -2.00. The summed E-state index contributed by atoms with van der Waals surface area (Å²) in [6.07, 6.45) is 0.835. The summed E-state index contributed by atoms with van der Waals surface area (Å²) in [5.74, 6) is 1.04. The highest BCUT2D eigenvalue weighted by atomic mass is 32.2. The Balaban J connectivity index is 2.22. The minimum Gasteiger partial charge on any atom is -0.482 e. The molecule has 2 rings (SSSR count). The van der Waals surface area contributed by atoms with Crippen molar-refractivity contribution in [2.75, 3.05) is 29.6 Å². The van der Waals surface area contributed by atoms with Crippen molar-refractivity contribution in [2.24, 2.45) is 0 Å². The summed E-state index contributed by atoms with van der Waals surface area (Å²) in [7, 11) is 0. The number of carbonyl (C=O) groups is 2. The van der Waals surface area contributed by atoms with E-state index < -0.39 is 0 Å². The van der Waals surface area contributed by atoms with Gasteiger partial charge in [-0.1, -0.05) is 6.92 Å². The first-order valence-corrected chi connectivity index (χ1v) is 7.88. The monoisotopic (exact) mass is 304 g/mol. The summed E-state index contributed by atoms with van der Waals surface area (Å²) in [5, 5.41) is 8.49. The normalized spacial score (nSPS) is 13.3. The summed E-state index contributed by atoms with van der Waals surface area (Å²) < 4.78 is 5.39. The predicted molar refractivity (Wildman–Crippen MR) is 81.8 cm³/mol. The summed E-state index contributed by atoms with van der Waals surface area (Å²) in [6.45, 7) is 2.64. The smallest absolute Gasteiger partial charge is 0.265 e. The maximum Gasteiger partial charge on any atom is 0.265 e. The zero-order valence-electron chi connectivity index (χ0n) is 11.8. The van der Waals surface area contributed by atoms with Crippen molar-refractivity contribution in [1.29, 1.82) is 5.26 Å². The lowest BCUT2D eigenvalue weighted by Gasteiger charge is -2.29. The van der Waals surface area contributed by atoms with Gasteiger partial charge in [0, 0.05) is 12.1 Å². The third-order valence-corrected chi connectivity index (χ3v) is 3.87. The Morgan fingerprint density at radius 1 is 1.52 bits per heavy atom. The second-order valence-corrected chi connectivity index (χ2v) is 5.58. The van der Waals surface area contributed by atoms with Crippen LogP contribution in [0, 0.1) is 11.3 Å². The van der Waals surface area contributed by atoms with E-state index in [2.05, 4.69) is 0 Å². The molecule has 0 aliphatic carbocycles. The molecule has 1 aromatic rings. The molecule has 0 saturated carbocycles. The Labute approximate surface area is 127 Å². The first-order chi connectivity index (χ1) is 10.2. The van der Waals surface area contributed by atoms with E-state index in [-0.39, 0.29) is 24.1 Å². The molecule has 6 heteroatoms. The van der Waals surface area contributed by atoms with E-state index in [4.69, 9.17) is 10.00 Å². The van der Waals surface area contributed by atoms with Crippen LogP contribution in [0.3, 0.4) is 0 Å². The number of amides is 1. The third-order valence-electron chi connectivity index (χ3n) is 3.07. The number of Topliss-reactive ketones (excluding diaryl/α,β-unsaturated/α-hetero) is 1. The number of thioether (sulfide) groups is 1. The number of nitriles is 1. The van der Waals surface area contributed by atoms with Crippen LogP contribution in [0.1, 0.15) is 23.7 Å². The lowest BCUT2D eigenvalue weighted by Crippen LogP contribution is -2.39. The number of benzene rings is 1. The predicted octanol–water partition coefficient (Wildman–Crippen LogP) is 2.26. The lowest BCUT2D eigenvalue weighted by molar-refractivity contribution is -0.121. The molecule has 0 radical (unpaired) electrons. The molecule has 21 heavy (non-hydrogen) atoms. The van der Waals surface area contributed by atoms with E-state index in [1.807, 2.05) is 13.0 Å². The first-order valence-electron chi connectivity index (χ1n) is 6.72. The van der Waals surface area contributed by atoms with Gasteiger partial charge in [-0.25, -0.2) is 0 Å².